The van der Waals surface area contributed by atoms with Crippen molar-refractivity contribution in [3.05, 3.63) is 71.8 Å². The molecule has 1 saturated carbocycles. The second kappa shape index (κ2) is 8.53. The highest BCUT2D eigenvalue weighted by atomic mass is 19.1. The summed E-state index contributed by atoms with van der Waals surface area (Å²) in [6.45, 7) is 0.702. The van der Waals surface area contributed by atoms with E-state index in [1.807, 2.05) is 23.1 Å². The van der Waals surface area contributed by atoms with E-state index in [1.165, 1.54) is 16.5 Å². The Morgan fingerprint density at radius 1 is 1.06 bits per heavy atom. The number of carbonyl (C=O) groups is 1. The van der Waals surface area contributed by atoms with Crippen molar-refractivity contribution in [1.29, 1.82) is 0 Å². The van der Waals surface area contributed by atoms with Crippen LogP contribution in [0.2, 0.25) is 0 Å². The van der Waals surface area contributed by atoms with Crippen molar-refractivity contribution >= 4 is 17.5 Å². The van der Waals surface area contributed by atoms with Crippen LogP contribution in [-0.2, 0) is 5.41 Å². The number of carbonyl (C=O) groups excluding carboxylic acids is 1. The summed E-state index contributed by atoms with van der Waals surface area (Å²) < 4.78 is 14.1. The molecule has 2 aromatic carbocycles. The Morgan fingerprint density at radius 2 is 1.76 bits per heavy atom. The van der Waals surface area contributed by atoms with Crippen molar-refractivity contribution in [2.24, 2.45) is 0 Å². The first kappa shape index (κ1) is 21.5. The fraction of sp³-hybridized carbons (Fsp3) is 0.320. The van der Waals surface area contributed by atoms with Gasteiger partial charge in [-0.3, -0.25) is 4.79 Å². The zero-order valence-electron chi connectivity index (χ0n) is 18.1. The van der Waals surface area contributed by atoms with Crippen molar-refractivity contribution in [3.8, 4) is 11.1 Å². The first-order chi connectivity index (χ1) is 16.1. The average Bonchev–Trinajstić information content (AvgIpc) is 3.55. The molecule has 1 aliphatic heterocycles. The van der Waals surface area contributed by atoms with Gasteiger partial charge in [0.05, 0.1) is 13.2 Å². The second-order valence-electron chi connectivity index (χ2n) is 8.59. The monoisotopic (exact) mass is 448 g/mol. The van der Waals surface area contributed by atoms with E-state index in [1.54, 1.807) is 30.6 Å². The van der Waals surface area contributed by atoms with Crippen LogP contribution < -0.4 is 4.90 Å². The summed E-state index contributed by atoms with van der Waals surface area (Å²) >= 11 is 0. The minimum absolute atomic E-state index is 0.0559. The Balaban J connectivity index is 1.47. The molecule has 0 radical (unpaired) electrons. The lowest BCUT2D eigenvalue weighted by Gasteiger charge is -2.22. The number of aromatic nitrogens is 2. The lowest BCUT2D eigenvalue weighted by atomic mass is 9.97. The molecule has 1 aromatic heterocycles. The highest BCUT2D eigenvalue weighted by Crippen LogP contribution is 2.57. The number of amides is 1. The standard InChI is InChI=1S/C25H25FN4O3/c26-21-4-2-1-3-19(21)18-14-27-24(28-15-18)30-16-25(7-8-25)20-6-5-17(13-22(20)30)23(33)29(9-11-31)10-12-32/h1-6,13-15,31-32H,7-12,16H2. The van der Waals surface area contributed by atoms with E-state index >= 15 is 0 Å². The lowest BCUT2D eigenvalue weighted by Crippen LogP contribution is -2.35. The molecule has 1 fully saturated rings. The SMILES string of the molecule is O=C(c1ccc2c(c1)N(c1ncc(-c3ccccc3F)cn1)CC21CC1)N(CCO)CCO. The van der Waals surface area contributed by atoms with Crippen LogP contribution in [0.4, 0.5) is 16.0 Å². The molecular formula is C25H25FN4O3. The molecule has 5 rings (SSSR count). The van der Waals surface area contributed by atoms with Gasteiger partial charge in [-0.1, -0.05) is 24.3 Å². The second-order valence-corrected chi connectivity index (χ2v) is 8.59. The summed E-state index contributed by atoms with van der Waals surface area (Å²) in [5.41, 5.74) is 3.67. The van der Waals surface area contributed by atoms with Crippen LogP contribution >= 0.6 is 0 Å². The molecule has 2 N–H and O–H groups in total. The fourth-order valence-corrected chi connectivity index (χ4v) is 4.60. The topological polar surface area (TPSA) is 89.8 Å². The lowest BCUT2D eigenvalue weighted by molar-refractivity contribution is 0.0685. The number of halogens is 1. The summed E-state index contributed by atoms with van der Waals surface area (Å²) in [6.07, 6.45) is 5.38. The number of anilines is 2. The average molecular weight is 448 g/mol. The van der Waals surface area contributed by atoms with Crippen molar-refractivity contribution in [2.75, 3.05) is 37.7 Å². The number of fused-ring (bicyclic) bond motifs is 2. The third kappa shape index (κ3) is 3.85. The maximum Gasteiger partial charge on any atom is 0.254 e. The van der Waals surface area contributed by atoms with Gasteiger partial charge in [0.1, 0.15) is 5.82 Å². The molecule has 0 atom stereocenters. The maximum absolute atomic E-state index is 14.1. The van der Waals surface area contributed by atoms with Gasteiger partial charge in [0, 0.05) is 59.8 Å². The van der Waals surface area contributed by atoms with Gasteiger partial charge >= 0.3 is 0 Å². The van der Waals surface area contributed by atoms with Crippen molar-refractivity contribution in [2.45, 2.75) is 18.3 Å². The number of nitrogens with zero attached hydrogens (tertiary/aromatic N) is 4. The minimum atomic E-state index is -0.323. The molecule has 0 saturated heterocycles. The van der Waals surface area contributed by atoms with E-state index in [-0.39, 0.29) is 43.4 Å². The Labute approximate surface area is 191 Å². The molecule has 1 amide bonds. The quantitative estimate of drug-likeness (QED) is 0.578. The molecule has 33 heavy (non-hydrogen) atoms. The number of aliphatic hydroxyl groups is 2. The Hall–Kier alpha value is -3.36. The van der Waals surface area contributed by atoms with E-state index < -0.39 is 0 Å². The number of benzene rings is 2. The molecule has 3 aromatic rings. The summed E-state index contributed by atoms with van der Waals surface area (Å²) in [4.78, 5) is 25.5. The third-order valence-corrected chi connectivity index (χ3v) is 6.51. The van der Waals surface area contributed by atoms with Crippen LogP contribution in [0.25, 0.3) is 11.1 Å². The molecule has 170 valence electrons. The van der Waals surface area contributed by atoms with E-state index in [4.69, 9.17) is 0 Å². The van der Waals surface area contributed by atoms with Gasteiger partial charge in [0.25, 0.3) is 5.91 Å². The minimum Gasteiger partial charge on any atom is -0.395 e. The van der Waals surface area contributed by atoms with E-state index in [0.29, 0.717) is 22.6 Å². The summed E-state index contributed by atoms with van der Waals surface area (Å²) in [5.74, 6) is -0.0588. The molecular weight excluding hydrogens is 423 g/mol. The van der Waals surface area contributed by atoms with Gasteiger partial charge in [-0.05, 0) is 36.6 Å². The van der Waals surface area contributed by atoms with Crippen LogP contribution in [0.3, 0.4) is 0 Å². The zero-order valence-corrected chi connectivity index (χ0v) is 18.1. The van der Waals surface area contributed by atoms with Gasteiger partial charge in [-0.2, -0.15) is 0 Å². The molecule has 0 unspecified atom stereocenters. The molecule has 1 spiro atoms. The van der Waals surface area contributed by atoms with E-state index in [2.05, 4.69) is 9.97 Å². The van der Waals surface area contributed by atoms with Gasteiger partial charge in [0.15, 0.2) is 0 Å². The number of aliphatic hydroxyl groups excluding tert-OH is 2. The van der Waals surface area contributed by atoms with Gasteiger partial charge in [-0.25, -0.2) is 14.4 Å². The fourth-order valence-electron chi connectivity index (χ4n) is 4.60. The third-order valence-electron chi connectivity index (χ3n) is 6.51. The Bertz CT molecular complexity index is 1170. The highest BCUT2D eigenvalue weighted by molar-refractivity contribution is 5.96. The van der Waals surface area contributed by atoms with Gasteiger partial charge in [0.2, 0.25) is 5.95 Å². The first-order valence-electron chi connectivity index (χ1n) is 11.1. The predicted octanol–water partition coefficient (Wildman–Crippen LogP) is 2.89. The predicted molar refractivity (Wildman–Crippen MR) is 122 cm³/mol. The number of hydrogen-bond acceptors (Lipinski definition) is 6. The van der Waals surface area contributed by atoms with Gasteiger partial charge < -0.3 is 20.0 Å². The van der Waals surface area contributed by atoms with Crippen molar-refractivity contribution < 1.29 is 19.4 Å². The van der Waals surface area contributed by atoms with Crippen molar-refractivity contribution in [3.63, 3.8) is 0 Å². The molecule has 0 bridgehead atoms. The highest BCUT2D eigenvalue weighted by Gasteiger charge is 2.52. The first-order valence-corrected chi connectivity index (χ1v) is 11.1. The van der Waals surface area contributed by atoms with Gasteiger partial charge in [-0.15, -0.1) is 0 Å². The molecule has 8 heteroatoms. The van der Waals surface area contributed by atoms with E-state index in [0.717, 1.165) is 25.1 Å². The van der Waals surface area contributed by atoms with Crippen molar-refractivity contribution in [1.82, 2.24) is 14.9 Å². The molecule has 1 aliphatic carbocycles. The summed E-state index contributed by atoms with van der Waals surface area (Å²) in [5, 5.41) is 18.6. The van der Waals surface area contributed by atoms with Crippen LogP contribution in [0, 0.1) is 5.82 Å². The number of hydrogen-bond donors (Lipinski definition) is 2. The molecule has 2 heterocycles. The normalized spacial score (nSPS) is 15.5. The summed E-state index contributed by atoms with van der Waals surface area (Å²) in [6, 6.07) is 12.2. The van der Waals surface area contributed by atoms with Crippen LogP contribution in [0.5, 0.6) is 0 Å². The summed E-state index contributed by atoms with van der Waals surface area (Å²) in [7, 11) is 0. The largest absolute Gasteiger partial charge is 0.395 e. The Morgan fingerprint density at radius 3 is 2.39 bits per heavy atom. The van der Waals surface area contributed by atoms with E-state index in [9.17, 15) is 19.4 Å². The van der Waals surface area contributed by atoms with Crippen LogP contribution in [0.15, 0.2) is 54.9 Å². The Kier molecular flexibility index (Phi) is 5.55. The zero-order chi connectivity index (χ0) is 23.0. The smallest absolute Gasteiger partial charge is 0.254 e. The van der Waals surface area contributed by atoms with Crippen LogP contribution in [-0.4, -0.2) is 63.8 Å². The van der Waals surface area contributed by atoms with Crippen LogP contribution in [0.1, 0.15) is 28.8 Å². The number of rotatable bonds is 7. The maximum atomic E-state index is 14.1. The molecule has 2 aliphatic rings. The molecule has 7 nitrogen and oxygen atoms in total.